The van der Waals surface area contributed by atoms with E-state index in [-0.39, 0.29) is 74.3 Å². The Balaban J connectivity index is 1.23. The predicted octanol–water partition coefficient (Wildman–Crippen LogP) is 5.22. The minimum atomic E-state index is -0.618. The van der Waals surface area contributed by atoms with E-state index in [9.17, 15) is 5.26 Å². The van der Waals surface area contributed by atoms with Gasteiger partial charge in [0.1, 0.15) is 29.0 Å². The van der Waals surface area contributed by atoms with Crippen LogP contribution in [0.2, 0.25) is 0 Å². The standard InChI is InChI=1S/C36H40F2N8O3S/c1-19-10-36(6-3-7-45(36)13-19)18-49-35-42-31-28(34(43-35)46-20-4-5-21(46)15-44(14-20)8-9-47-2)24-17-48-16-23(24)26(29(31)38)30-27-22(11-39)33(40)50-32(27)25(37)12-41-30/h12,19-21H,3-10,13-18,40H2,1-2H3/t19-,20?,21?,36-/m0/s1. The monoisotopic (exact) mass is 702 g/mol. The Morgan fingerprint density at radius 1 is 1.14 bits per heavy atom. The number of halogens is 2. The molecule has 0 radical (unpaired) electrons. The van der Waals surface area contributed by atoms with Crippen LogP contribution in [-0.2, 0) is 22.7 Å². The highest BCUT2D eigenvalue weighted by Gasteiger charge is 2.48. The number of methoxy groups -OCH3 is 1. The number of benzene rings is 1. The number of nitrogens with zero attached hydrogens (tertiary/aromatic N) is 7. The molecular weight excluding hydrogens is 663 g/mol. The minimum absolute atomic E-state index is 0.0738. The summed E-state index contributed by atoms with van der Waals surface area (Å²) in [5.41, 5.74) is 7.99. The van der Waals surface area contributed by atoms with Gasteiger partial charge in [0.05, 0.1) is 52.9 Å². The lowest BCUT2D eigenvalue weighted by atomic mass is 9.91. The van der Waals surface area contributed by atoms with Crippen LogP contribution in [0.1, 0.15) is 55.7 Å². The highest BCUT2D eigenvalue weighted by molar-refractivity contribution is 7.23. The molecule has 0 aliphatic carbocycles. The first-order valence-corrected chi connectivity index (χ1v) is 18.4. The number of ether oxygens (including phenoxy) is 3. The lowest BCUT2D eigenvalue weighted by Gasteiger charge is -2.42. The van der Waals surface area contributed by atoms with E-state index >= 15 is 8.78 Å². The number of rotatable bonds is 8. The summed E-state index contributed by atoms with van der Waals surface area (Å²) in [7, 11) is 1.72. The first-order chi connectivity index (χ1) is 24.3. The molecule has 4 atom stereocenters. The molecule has 4 fully saturated rings. The number of likely N-dealkylation sites (tertiary alicyclic amines) is 1. The molecule has 0 saturated carbocycles. The van der Waals surface area contributed by atoms with Crippen LogP contribution in [0.25, 0.3) is 32.2 Å². The average Bonchev–Trinajstić information content (AvgIpc) is 3.91. The second kappa shape index (κ2) is 12.2. The molecule has 5 aliphatic rings. The summed E-state index contributed by atoms with van der Waals surface area (Å²) in [6, 6.07) is 2.61. The number of fused-ring (bicyclic) bond motifs is 7. The van der Waals surface area contributed by atoms with Crippen LogP contribution in [0.3, 0.4) is 0 Å². The number of piperazine rings is 1. The molecule has 2 unspecified atom stereocenters. The van der Waals surface area contributed by atoms with Crippen LogP contribution in [-0.4, -0.2) is 95.4 Å². The van der Waals surface area contributed by atoms with Gasteiger partial charge in [0.2, 0.25) is 0 Å². The van der Waals surface area contributed by atoms with E-state index in [1.807, 2.05) is 0 Å². The second-order valence-electron chi connectivity index (χ2n) is 14.7. The lowest BCUT2D eigenvalue weighted by molar-refractivity contribution is 0.107. The minimum Gasteiger partial charge on any atom is -0.461 e. The highest BCUT2D eigenvalue weighted by atomic mass is 32.1. The summed E-state index contributed by atoms with van der Waals surface area (Å²) < 4.78 is 50.7. The van der Waals surface area contributed by atoms with Crippen LogP contribution in [0.5, 0.6) is 6.01 Å². The molecule has 1 aromatic carbocycles. The Morgan fingerprint density at radius 2 is 1.94 bits per heavy atom. The van der Waals surface area contributed by atoms with E-state index in [0.717, 1.165) is 87.9 Å². The van der Waals surface area contributed by atoms with Gasteiger partial charge in [0.25, 0.3) is 0 Å². The third-order valence-corrected chi connectivity index (χ3v) is 12.7. The Kier molecular flexibility index (Phi) is 7.85. The van der Waals surface area contributed by atoms with Crippen molar-refractivity contribution in [1.82, 2.24) is 24.8 Å². The number of nitrogens with two attached hydrogens (primary N) is 1. The summed E-state index contributed by atoms with van der Waals surface area (Å²) >= 11 is 0.962. The maximum absolute atomic E-state index is 17.5. The summed E-state index contributed by atoms with van der Waals surface area (Å²) in [4.78, 5) is 21.7. The fourth-order valence-corrected chi connectivity index (χ4v) is 10.6. The molecule has 50 heavy (non-hydrogen) atoms. The van der Waals surface area contributed by atoms with Crippen LogP contribution in [0.15, 0.2) is 6.20 Å². The van der Waals surface area contributed by atoms with Gasteiger partial charge in [0.15, 0.2) is 11.6 Å². The molecule has 8 heterocycles. The number of hydrogen-bond donors (Lipinski definition) is 1. The Labute approximate surface area is 292 Å². The van der Waals surface area contributed by atoms with E-state index in [0.29, 0.717) is 35.9 Å². The van der Waals surface area contributed by atoms with Crippen molar-refractivity contribution in [3.05, 3.63) is 34.5 Å². The molecule has 262 valence electrons. The number of thiophene rings is 1. The van der Waals surface area contributed by atoms with Crippen molar-refractivity contribution in [2.75, 3.05) is 63.7 Å². The van der Waals surface area contributed by atoms with Crippen molar-refractivity contribution in [2.24, 2.45) is 5.92 Å². The molecule has 5 aliphatic heterocycles. The van der Waals surface area contributed by atoms with Gasteiger partial charge in [-0.1, -0.05) is 6.92 Å². The molecule has 0 amide bonds. The third-order valence-electron chi connectivity index (χ3n) is 11.7. The van der Waals surface area contributed by atoms with Gasteiger partial charge in [-0.25, -0.2) is 8.78 Å². The summed E-state index contributed by atoms with van der Waals surface area (Å²) in [5, 5.41) is 11.0. The topological polar surface area (TPSA) is 126 Å². The van der Waals surface area contributed by atoms with Crippen molar-refractivity contribution in [3.63, 3.8) is 0 Å². The fraction of sp³-hybridized carbons (Fsp3) is 0.556. The Morgan fingerprint density at radius 3 is 2.72 bits per heavy atom. The van der Waals surface area contributed by atoms with Gasteiger partial charge in [-0.3, -0.25) is 14.8 Å². The normalized spacial score (nSPS) is 26.3. The molecule has 9 rings (SSSR count). The van der Waals surface area contributed by atoms with E-state index < -0.39 is 11.6 Å². The average molecular weight is 703 g/mol. The second-order valence-corrected chi connectivity index (χ2v) is 15.8. The summed E-state index contributed by atoms with van der Waals surface area (Å²) in [6.45, 7) is 8.40. The zero-order valence-corrected chi connectivity index (χ0v) is 29.1. The van der Waals surface area contributed by atoms with Gasteiger partial charge in [0, 0.05) is 56.3 Å². The SMILES string of the molecule is COCCN1CC2CCC(C1)N2c1nc(OC[C@@]23CCCN2C[C@@H](C)C3)nc2c(F)c(-c3ncc(F)c4sc(N)c(C#N)c34)c3c(c12)COC3. The number of nitriles is 1. The fourth-order valence-electron chi connectivity index (χ4n) is 9.64. The molecular formula is C36H40F2N8O3S. The first-order valence-electron chi connectivity index (χ1n) is 17.6. The summed E-state index contributed by atoms with van der Waals surface area (Å²) in [5.74, 6) is 0.0153. The maximum Gasteiger partial charge on any atom is 0.319 e. The van der Waals surface area contributed by atoms with Gasteiger partial charge >= 0.3 is 6.01 Å². The van der Waals surface area contributed by atoms with Gasteiger partial charge in [-0.05, 0) is 55.7 Å². The van der Waals surface area contributed by atoms with Crippen molar-refractivity contribution in [1.29, 1.82) is 5.26 Å². The molecule has 3 aromatic heterocycles. The van der Waals surface area contributed by atoms with Crippen molar-refractivity contribution >= 4 is 43.1 Å². The van der Waals surface area contributed by atoms with Crippen molar-refractivity contribution in [3.8, 4) is 23.3 Å². The van der Waals surface area contributed by atoms with Gasteiger partial charge in [-0.15, -0.1) is 11.3 Å². The molecule has 4 aromatic rings. The van der Waals surface area contributed by atoms with Gasteiger partial charge in [-0.2, -0.15) is 15.2 Å². The maximum atomic E-state index is 17.5. The van der Waals surface area contributed by atoms with E-state index in [4.69, 9.17) is 29.9 Å². The smallest absolute Gasteiger partial charge is 0.319 e. The molecule has 2 bridgehead atoms. The van der Waals surface area contributed by atoms with Crippen molar-refractivity contribution in [2.45, 2.75) is 69.9 Å². The van der Waals surface area contributed by atoms with E-state index in [1.165, 1.54) is 0 Å². The zero-order chi connectivity index (χ0) is 34.3. The summed E-state index contributed by atoms with van der Waals surface area (Å²) in [6.07, 6.45) is 6.28. The molecule has 0 spiro atoms. The Hall–Kier alpha value is -3.74. The number of nitrogen functional groups attached to an aromatic ring is 1. The van der Waals surface area contributed by atoms with Gasteiger partial charge < -0.3 is 24.8 Å². The van der Waals surface area contributed by atoms with E-state index in [2.05, 4.69) is 32.7 Å². The molecule has 11 nitrogen and oxygen atoms in total. The molecule has 4 saturated heterocycles. The largest absolute Gasteiger partial charge is 0.461 e. The quantitative estimate of drug-likeness (QED) is 0.260. The van der Waals surface area contributed by atoms with Crippen LogP contribution < -0.4 is 15.4 Å². The highest BCUT2D eigenvalue weighted by Crippen LogP contribution is 2.48. The third kappa shape index (κ3) is 4.88. The Bertz CT molecular complexity index is 2060. The number of pyridine rings is 1. The lowest BCUT2D eigenvalue weighted by Crippen LogP contribution is -2.54. The predicted molar refractivity (Wildman–Crippen MR) is 186 cm³/mol. The van der Waals surface area contributed by atoms with Crippen LogP contribution >= 0.6 is 11.3 Å². The first kappa shape index (κ1) is 32.2. The molecule has 2 N–H and O–H groups in total. The van der Waals surface area contributed by atoms with Crippen LogP contribution in [0.4, 0.5) is 19.6 Å². The van der Waals surface area contributed by atoms with Crippen molar-refractivity contribution < 1.29 is 23.0 Å². The zero-order valence-electron chi connectivity index (χ0n) is 28.3. The molecule has 14 heteroatoms. The van der Waals surface area contributed by atoms with E-state index in [1.54, 1.807) is 7.11 Å². The number of hydrogen-bond acceptors (Lipinski definition) is 12. The number of anilines is 2. The van der Waals surface area contributed by atoms with Crippen LogP contribution in [0, 0.1) is 28.9 Å². The number of aromatic nitrogens is 3.